The second-order valence-electron chi connectivity index (χ2n) is 4.78. The summed E-state index contributed by atoms with van der Waals surface area (Å²) in [5, 5.41) is 12.6. The summed E-state index contributed by atoms with van der Waals surface area (Å²) >= 11 is 0. The summed E-state index contributed by atoms with van der Waals surface area (Å²) in [6.07, 6.45) is 0.947. The minimum Gasteiger partial charge on any atom is -0.491 e. The van der Waals surface area contributed by atoms with Crippen molar-refractivity contribution in [2.75, 3.05) is 24.3 Å². The van der Waals surface area contributed by atoms with Gasteiger partial charge >= 0.3 is 0 Å². The van der Waals surface area contributed by atoms with E-state index in [2.05, 4.69) is 26.1 Å². The maximum atomic E-state index is 9.30. The number of aliphatic hydroxyl groups excluding tert-OH is 1. The molecule has 0 aliphatic rings. The molecule has 1 aromatic rings. The lowest BCUT2D eigenvalue weighted by atomic mass is 10.1. The van der Waals surface area contributed by atoms with Gasteiger partial charge in [-0.15, -0.1) is 0 Å². The van der Waals surface area contributed by atoms with E-state index in [-0.39, 0.29) is 12.6 Å². The van der Waals surface area contributed by atoms with E-state index in [0.29, 0.717) is 24.0 Å². The summed E-state index contributed by atoms with van der Waals surface area (Å²) in [5.74, 6) is 1.05. The molecule has 0 saturated heterocycles. The van der Waals surface area contributed by atoms with Gasteiger partial charge in [-0.2, -0.15) is 0 Å². The third kappa shape index (κ3) is 4.11. The van der Waals surface area contributed by atoms with Crippen molar-refractivity contribution >= 4 is 11.4 Å². The van der Waals surface area contributed by atoms with Crippen LogP contribution in [0.25, 0.3) is 0 Å². The summed E-state index contributed by atoms with van der Waals surface area (Å²) in [6, 6.07) is 5.64. The first-order chi connectivity index (χ1) is 8.58. The highest BCUT2D eigenvalue weighted by Gasteiger charge is 2.12. The molecule has 0 fully saturated rings. The molecule has 102 valence electrons. The molecule has 0 heterocycles. The van der Waals surface area contributed by atoms with Crippen molar-refractivity contribution in [3.05, 3.63) is 18.2 Å². The number of benzene rings is 1. The van der Waals surface area contributed by atoms with Gasteiger partial charge in [0.15, 0.2) is 0 Å². The van der Waals surface area contributed by atoms with Crippen LogP contribution in [0.4, 0.5) is 11.4 Å². The SMILES string of the molecule is CCCOc1cc(N[C@H](CO)C(C)C)ccc1N. The molecule has 0 amide bonds. The minimum atomic E-state index is 0.0349. The van der Waals surface area contributed by atoms with Crippen LogP contribution in [-0.4, -0.2) is 24.4 Å². The molecule has 0 bridgehead atoms. The van der Waals surface area contributed by atoms with Crippen LogP contribution < -0.4 is 15.8 Å². The lowest BCUT2D eigenvalue weighted by Gasteiger charge is -2.21. The van der Waals surface area contributed by atoms with Crippen LogP contribution in [-0.2, 0) is 0 Å². The van der Waals surface area contributed by atoms with Crippen LogP contribution in [0.3, 0.4) is 0 Å². The Labute approximate surface area is 109 Å². The van der Waals surface area contributed by atoms with E-state index in [0.717, 1.165) is 12.1 Å². The third-order valence-electron chi connectivity index (χ3n) is 2.83. The summed E-state index contributed by atoms with van der Waals surface area (Å²) in [4.78, 5) is 0. The van der Waals surface area contributed by atoms with Crippen molar-refractivity contribution in [3.8, 4) is 5.75 Å². The van der Waals surface area contributed by atoms with Gasteiger partial charge in [0.05, 0.1) is 24.9 Å². The zero-order valence-electron chi connectivity index (χ0n) is 11.4. The fourth-order valence-corrected chi connectivity index (χ4v) is 1.60. The summed E-state index contributed by atoms with van der Waals surface area (Å²) in [6.45, 7) is 6.95. The summed E-state index contributed by atoms with van der Waals surface area (Å²) in [7, 11) is 0. The zero-order chi connectivity index (χ0) is 13.5. The third-order valence-corrected chi connectivity index (χ3v) is 2.83. The smallest absolute Gasteiger partial charge is 0.144 e. The Morgan fingerprint density at radius 3 is 2.67 bits per heavy atom. The number of rotatable bonds is 7. The number of ether oxygens (including phenoxy) is 1. The van der Waals surface area contributed by atoms with E-state index < -0.39 is 0 Å². The molecule has 0 spiro atoms. The number of aliphatic hydroxyl groups is 1. The van der Waals surface area contributed by atoms with Crippen molar-refractivity contribution in [1.29, 1.82) is 0 Å². The molecule has 0 aliphatic heterocycles. The Morgan fingerprint density at radius 2 is 2.11 bits per heavy atom. The number of nitrogens with one attached hydrogen (secondary N) is 1. The van der Waals surface area contributed by atoms with Crippen LogP contribution >= 0.6 is 0 Å². The second kappa shape index (κ2) is 7.11. The Kier molecular flexibility index (Phi) is 5.78. The van der Waals surface area contributed by atoms with Gasteiger partial charge in [0, 0.05) is 11.8 Å². The highest BCUT2D eigenvalue weighted by Crippen LogP contribution is 2.26. The van der Waals surface area contributed by atoms with Gasteiger partial charge in [0.1, 0.15) is 5.75 Å². The quantitative estimate of drug-likeness (QED) is 0.652. The molecule has 0 radical (unpaired) electrons. The van der Waals surface area contributed by atoms with Gasteiger partial charge in [0.2, 0.25) is 0 Å². The highest BCUT2D eigenvalue weighted by atomic mass is 16.5. The highest BCUT2D eigenvalue weighted by molar-refractivity contribution is 5.61. The van der Waals surface area contributed by atoms with E-state index in [9.17, 15) is 5.11 Å². The monoisotopic (exact) mass is 252 g/mol. The van der Waals surface area contributed by atoms with Gasteiger partial charge < -0.3 is 20.9 Å². The van der Waals surface area contributed by atoms with Crippen molar-refractivity contribution in [1.82, 2.24) is 0 Å². The Bertz CT molecular complexity index is 367. The first kappa shape index (κ1) is 14.6. The van der Waals surface area contributed by atoms with E-state index in [1.54, 1.807) is 0 Å². The van der Waals surface area contributed by atoms with Crippen LogP contribution in [0.1, 0.15) is 27.2 Å². The maximum Gasteiger partial charge on any atom is 0.144 e. The summed E-state index contributed by atoms with van der Waals surface area (Å²) < 4.78 is 5.57. The molecule has 1 atom stereocenters. The summed E-state index contributed by atoms with van der Waals surface area (Å²) in [5.41, 5.74) is 7.41. The van der Waals surface area contributed by atoms with E-state index >= 15 is 0 Å². The lowest BCUT2D eigenvalue weighted by molar-refractivity contribution is 0.249. The van der Waals surface area contributed by atoms with Crippen molar-refractivity contribution in [3.63, 3.8) is 0 Å². The van der Waals surface area contributed by atoms with Crippen LogP contribution in [0, 0.1) is 5.92 Å². The number of anilines is 2. The molecular weight excluding hydrogens is 228 g/mol. The minimum absolute atomic E-state index is 0.0349. The normalized spacial score (nSPS) is 12.5. The molecule has 4 nitrogen and oxygen atoms in total. The first-order valence-corrected chi connectivity index (χ1v) is 6.48. The number of nitrogens with two attached hydrogens (primary N) is 1. The van der Waals surface area contributed by atoms with E-state index in [4.69, 9.17) is 10.5 Å². The molecule has 0 aromatic heterocycles. The Hall–Kier alpha value is -1.42. The zero-order valence-corrected chi connectivity index (χ0v) is 11.4. The van der Waals surface area contributed by atoms with Crippen molar-refractivity contribution < 1.29 is 9.84 Å². The molecule has 0 saturated carbocycles. The fourth-order valence-electron chi connectivity index (χ4n) is 1.60. The molecule has 0 unspecified atom stereocenters. The molecule has 4 heteroatoms. The Morgan fingerprint density at radius 1 is 1.39 bits per heavy atom. The lowest BCUT2D eigenvalue weighted by Crippen LogP contribution is -2.29. The molecule has 0 aliphatic carbocycles. The van der Waals surface area contributed by atoms with Crippen LogP contribution in [0.15, 0.2) is 18.2 Å². The standard InChI is InChI=1S/C14H24N2O2/c1-4-7-18-14-8-11(5-6-12(14)15)16-13(9-17)10(2)3/h5-6,8,10,13,16-17H,4,7,9,15H2,1-3H3/t13-/m1/s1. The van der Waals surface area contributed by atoms with Crippen molar-refractivity contribution in [2.45, 2.75) is 33.2 Å². The van der Waals surface area contributed by atoms with Gasteiger partial charge in [-0.1, -0.05) is 20.8 Å². The number of nitrogen functional groups attached to an aromatic ring is 1. The number of hydrogen-bond acceptors (Lipinski definition) is 4. The molecule has 1 rings (SSSR count). The van der Waals surface area contributed by atoms with Crippen LogP contribution in [0.2, 0.25) is 0 Å². The predicted molar refractivity (Wildman–Crippen MR) is 76.0 cm³/mol. The van der Waals surface area contributed by atoms with Gasteiger partial charge in [0.25, 0.3) is 0 Å². The Balaban J connectivity index is 2.77. The second-order valence-corrected chi connectivity index (χ2v) is 4.78. The molecular formula is C14H24N2O2. The van der Waals surface area contributed by atoms with Crippen LogP contribution in [0.5, 0.6) is 5.75 Å². The van der Waals surface area contributed by atoms with E-state index in [1.807, 2.05) is 18.2 Å². The number of hydrogen-bond donors (Lipinski definition) is 3. The molecule has 4 N–H and O–H groups in total. The largest absolute Gasteiger partial charge is 0.491 e. The van der Waals surface area contributed by atoms with E-state index in [1.165, 1.54) is 0 Å². The maximum absolute atomic E-state index is 9.30. The van der Waals surface area contributed by atoms with Crippen molar-refractivity contribution in [2.24, 2.45) is 5.92 Å². The average Bonchev–Trinajstić information content (AvgIpc) is 2.35. The first-order valence-electron chi connectivity index (χ1n) is 6.48. The van der Waals surface area contributed by atoms with Gasteiger partial charge in [-0.25, -0.2) is 0 Å². The topological polar surface area (TPSA) is 67.5 Å². The fraction of sp³-hybridized carbons (Fsp3) is 0.571. The molecule has 1 aromatic carbocycles. The van der Waals surface area contributed by atoms with Gasteiger partial charge in [-0.3, -0.25) is 0 Å². The van der Waals surface area contributed by atoms with Gasteiger partial charge in [-0.05, 0) is 24.5 Å². The predicted octanol–water partition coefficient (Wildman–Crippen LogP) is 2.49. The average molecular weight is 252 g/mol. The molecule has 18 heavy (non-hydrogen) atoms.